The Balaban J connectivity index is 2.56. The van der Waals surface area contributed by atoms with Crippen LogP contribution >= 0.6 is 22.9 Å². The van der Waals surface area contributed by atoms with E-state index in [-0.39, 0.29) is 18.2 Å². The fraction of sp³-hybridized carbons (Fsp3) is 0.455. The summed E-state index contributed by atoms with van der Waals surface area (Å²) in [5.41, 5.74) is 0. The summed E-state index contributed by atoms with van der Waals surface area (Å²) >= 11 is 7.06. The van der Waals surface area contributed by atoms with E-state index < -0.39 is 12.0 Å². The number of rotatable bonds is 5. The second-order valence-corrected chi connectivity index (χ2v) is 5.81. The first kappa shape index (κ1) is 14.0. The van der Waals surface area contributed by atoms with Crippen molar-refractivity contribution in [3.05, 3.63) is 21.3 Å². The lowest BCUT2D eigenvalue weighted by atomic mass is 10.0. The van der Waals surface area contributed by atoms with Crippen molar-refractivity contribution in [1.29, 1.82) is 0 Å². The highest BCUT2D eigenvalue weighted by atomic mass is 35.5. The lowest BCUT2D eigenvalue weighted by Gasteiger charge is -2.17. The summed E-state index contributed by atoms with van der Waals surface area (Å²) in [5, 5.41) is 11.4. The molecule has 94 valence electrons. The molecule has 0 aromatic carbocycles. The van der Waals surface area contributed by atoms with Crippen LogP contribution in [0.4, 0.5) is 0 Å². The Morgan fingerprint density at radius 1 is 1.47 bits per heavy atom. The summed E-state index contributed by atoms with van der Waals surface area (Å²) in [6.07, 6.45) is 0.161. The predicted molar refractivity (Wildman–Crippen MR) is 67.4 cm³/mol. The molecule has 1 atom stereocenters. The van der Waals surface area contributed by atoms with Crippen molar-refractivity contribution in [3.8, 4) is 0 Å². The molecule has 1 amide bonds. The van der Waals surface area contributed by atoms with Gasteiger partial charge in [0.2, 0.25) is 5.91 Å². The zero-order valence-electron chi connectivity index (χ0n) is 9.57. The minimum Gasteiger partial charge on any atom is -0.480 e. The van der Waals surface area contributed by atoms with Gasteiger partial charge in [-0.25, -0.2) is 4.79 Å². The highest BCUT2D eigenvalue weighted by Crippen LogP contribution is 2.21. The lowest BCUT2D eigenvalue weighted by molar-refractivity contribution is -0.143. The van der Waals surface area contributed by atoms with Crippen LogP contribution in [-0.2, 0) is 16.0 Å². The van der Waals surface area contributed by atoms with E-state index >= 15 is 0 Å². The van der Waals surface area contributed by atoms with E-state index in [0.717, 1.165) is 4.88 Å². The number of halogens is 1. The number of carbonyl (C=O) groups is 2. The predicted octanol–water partition coefficient (Wildman–Crippen LogP) is 2.17. The molecule has 17 heavy (non-hydrogen) atoms. The van der Waals surface area contributed by atoms with Gasteiger partial charge in [-0.3, -0.25) is 4.79 Å². The molecule has 0 saturated heterocycles. The van der Waals surface area contributed by atoms with Gasteiger partial charge in [0.25, 0.3) is 0 Å². The fourth-order valence-corrected chi connectivity index (χ4v) is 2.43. The normalized spacial score (nSPS) is 12.5. The summed E-state index contributed by atoms with van der Waals surface area (Å²) < 4.78 is 0.617. The van der Waals surface area contributed by atoms with Crippen LogP contribution in [0.15, 0.2) is 12.1 Å². The minimum atomic E-state index is -1.02. The van der Waals surface area contributed by atoms with Crippen LogP contribution in [-0.4, -0.2) is 23.0 Å². The summed E-state index contributed by atoms with van der Waals surface area (Å²) in [5.74, 6) is -1.47. The van der Waals surface area contributed by atoms with Gasteiger partial charge in [0, 0.05) is 4.88 Å². The van der Waals surface area contributed by atoms with Gasteiger partial charge in [-0.2, -0.15) is 0 Å². The zero-order valence-corrected chi connectivity index (χ0v) is 11.1. The van der Waals surface area contributed by atoms with Crippen LogP contribution in [0.3, 0.4) is 0 Å². The van der Waals surface area contributed by atoms with Gasteiger partial charge in [0.1, 0.15) is 6.04 Å². The number of carboxylic acids is 1. The van der Waals surface area contributed by atoms with Gasteiger partial charge in [-0.15, -0.1) is 11.3 Å². The van der Waals surface area contributed by atoms with Crippen LogP contribution in [0.2, 0.25) is 4.34 Å². The van der Waals surface area contributed by atoms with Gasteiger partial charge < -0.3 is 10.4 Å². The van der Waals surface area contributed by atoms with Crippen LogP contribution < -0.4 is 5.32 Å². The molecule has 2 N–H and O–H groups in total. The van der Waals surface area contributed by atoms with E-state index in [2.05, 4.69) is 5.32 Å². The third kappa shape index (κ3) is 4.36. The largest absolute Gasteiger partial charge is 0.480 e. The molecule has 1 unspecified atom stereocenters. The number of amides is 1. The Morgan fingerprint density at radius 2 is 2.12 bits per heavy atom. The van der Waals surface area contributed by atoms with E-state index in [0.29, 0.717) is 4.34 Å². The lowest BCUT2D eigenvalue weighted by Crippen LogP contribution is -2.44. The fourth-order valence-electron chi connectivity index (χ4n) is 1.34. The monoisotopic (exact) mass is 275 g/mol. The minimum absolute atomic E-state index is 0.150. The molecule has 1 rings (SSSR count). The van der Waals surface area contributed by atoms with Crippen molar-refractivity contribution in [3.63, 3.8) is 0 Å². The Labute approximate surface area is 109 Å². The number of thiophene rings is 1. The number of carbonyl (C=O) groups excluding carboxylic acids is 1. The van der Waals surface area contributed by atoms with Crippen molar-refractivity contribution in [1.82, 2.24) is 5.32 Å². The van der Waals surface area contributed by atoms with Crippen LogP contribution in [0.25, 0.3) is 0 Å². The SMILES string of the molecule is CC(C)C(NC(=O)Cc1ccc(Cl)s1)C(=O)O. The molecule has 0 aliphatic heterocycles. The van der Waals surface area contributed by atoms with Gasteiger partial charge >= 0.3 is 5.97 Å². The van der Waals surface area contributed by atoms with Crippen LogP contribution in [0, 0.1) is 5.92 Å². The molecule has 4 nitrogen and oxygen atoms in total. The molecule has 1 aromatic rings. The summed E-state index contributed by atoms with van der Waals surface area (Å²) in [7, 11) is 0. The van der Waals surface area contributed by atoms with Crippen LogP contribution in [0.1, 0.15) is 18.7 Å². The molecular weight excluding hydrogens is 262 g/mol. The molecule has 0 aliphatic carbocycles. The summed E-state index contributed by atoms with van der Waals surface area (Å²) in [6, 6.07) is 2.63. The summed E-state index contributed by atoms with van der Waals surface area (Å²) in [4.78, 5) is 23.3. The Kier molecular flexibility index (Phi) is 4.96. The van der Waals surface area contributed by atoms with Crippen molar-refractivity contribution >= 4 is 34.8 Å². The average Bonchev–Trinajstić information content (AvgIpc) is 2.59. The maximum Gasteiger partial charge on any atom is 0.326 e. The molecule has 6 heteroatoms. The molecular formula is C11H14ClNO3S. The second-order valence-electron chi connectivity index (χ2n) is 4.01. The van der Waals surface area contributed by atoms with Crippen LogP contribution in [0.5, 0.6) is 0 Å². The van der Waals surface area contributed by atoms with Gasteiger partial charge in [-0.1, -0.05) is 25.4 Å². The van der Waals surface area contributed by atoms with Gasteiger partial charge in [0.15, 0.2) is 0 Å². The zero-order chi connectivity index (χ0) is 13.0. The molecule has 0 fully saturated rings. The first-order valence-corrected chi connectivity index (χ1v) is 6.36. The molecule has 1 heterocycles. The van der Waals surface area contributed by atoms with Crippen molar-refractivity contribution < 1.29 is 14.7 Å². The standard InChI is InChI=1S/C11H14ClNO3S/c1-6(2)10(11(15)16)13-9(14)5-7-3-4-8(12)17-7/h3-4,6,10H,5H2,1-2H3,(H,13,14)(H,15,16). The number of hydrogen-bond donors (Lipinski definition) is 2. The Hall–Kier alpha value is -1.07. The van der Waals surface area contributed by atoms with Crippen molar-refractivity contribution in [2.75, 3.05) is 0 Å². The van der Waals surface area contributed by atoms with E-state index in [1.807, 2.05) is 0 Å². The highest BCUT2D eigenvalue weighted by Gasteiger charge is 2.23. The third-order valence-electron chi connectivity index (χ3n) is 2.21. The molecule has 1 aromatic heterocycles. The van der Waals surface area contributed by atoms with Crippen molar-refractivity contribution in [2.24, 2.45) is 5.92 Å². The van der Waals surface area contributed by atoms with Crippen molar-refractivity contribution in [2.45, 2.75) is 26.3 Å². The highest BCUT2D eigenvalue weighted by molar-refractivity contribution is 7.16. The maximum atomic E-state index is 11.6. The Morgan fingerprint density at radius 3 is 2.53 bits per heavy atom. The molecule has 0 spiro atoms. The Bertz CT molecular complexity index is 417. The van der Waals surface area contributed by atoms with Gasteiger partial charge in [0.05, 0.1) is 10.8 Å². The number of nitrogens with one attached hydrogen (secondary N) is 1. The molecule has 0 radical (unpaired) electrons. The first-order valence-electron chi connectivity index (χ1n) is 5.16. The number of hydrogen-bond acceptors (Lipinski definition) is 3. The molecule has 0 aliphatic rings. The molecule has 0 saturated carbocycles. The average molecular weight is 276 g/mol. The third-order valence-corrected chi connectivity index (χ3v) is 3.44. The number of aliphatic carboxylic acids is 1. The molecule has 0 bridgehead atoms. The summed E-state index contributed by atoms with van der Waals surface area (Å²) in [6.45, 7) is 3.50. The van der Waals surface area contributed by atoms with E-state index in [9.17, 15) is 9.59 Å². The van der Waals surface area contributed by atoms with E-state index in [1.54, 1.807) is 26.0 Å². The van der Waals surface area contributed by atoms with Gasteiger partial charge in [-0.05, 0) is 18.1 Å². The van der Waals surface area contributed by atoms with E-state index in [4.69, 9.17) is 16.7 Å². The maximum absolute atomic E-state index is 11.6. The first-order chi connectivity index (χ1) is 7.90. The second kappa shape index (κ2) is 6.02. The quantitative estimate of drug-likeness (QED) is 0.865. The topological polar surface area (TPSA) is 66.4 Å². The number of carboxylic acid groups (broad SMARTS) is 1. The smallest absolute Gasteiger partial charge is 0.326 e. The van der Waals surface area contributed by atoms with E-state index in [1.165, 1.54) is 11.3 Å².